The summed E-state index contributed by atoms with van der Waals surface area (Å²) in [6.07, 6.45) is 13.0. The molecule has 6 rings (SSSR count). The number of ether oxygens (including phenoxy) is 3. The van der Waals surface area contributed by atoms with Crippen LogP contribution in [0, 0.1) is 40.4 Å². The molecule has 0 aromatic carbocycles. The van der Waals surface area contributed by atoms with E-state index in [1.54, 1.807) is 12.2 Å². The van der Waals surface area contributed by atoms with E-state index >= 15 is 0 Å². The highest BCUT2D eigenvalue weighted by atomic mass is 16.7. The molecule has 10 atom stereocenters. The van der Waals surface area contributed by atoms with Crippen molar-refractivity contribution >= 4 is 11.6 Å². The number of allylic oxidation sites excluding steroid dienone is 4. The lowest BCUT2D eigenvalue weighted by molar-refractivity contribution is -0.210. The van der Waals surface area contributed by atoms with Crippen LogP contribution in [0.3, 0.4) is 0 Å². The molecule has 5 unspecified atom stereocenters. The molecule has 4 saturated carbocycles. The highest BCUT2D eigenvalue weighted by Gasteiger charge is 2.76. The minimum absolute atomic E-state index is 0.0114. The molecule has 1 aliphatic heterocycles. The molecule has 6 nitrogen and oxygen atoms in total. The zero-order chi connectivity index (χ0) is 27.7. The Kier molecular flexibility index (Phi) is 7.05. The van der Waals surface area contributed by atoms with Crippen molar-refractivity contribution in [1.82, 2.24) is 0 Å². The fraction of sp³-hybridized carbons (Fsp3) is 0.818. The van der Waals surface area contributed by atoms with Gasteiger partial charge in [-0.1, -0.05) is 58.6 Å². The van der Waals surface area contributed by atoms with Gasteiger partial charge in [0.2, 0.25) is 0 Å². The van der Waals surface area contributed by atoms with Gasteiger partial charge in [-0.2, -0.15) is 0 Å². The van der Waals surface area contributed by atoms with Crippen molar-refractivity contribution in [2.45, 2.75) is 123 Å². The Morgan fingerprint density at radius 3 is 2.62 bits per heavy atom. The fourth-order valence-electron chi connectivity index (χ4n) is 9.72. The summed E-state index contributed by atoms with van der Waals surface area (Å²) >= 11 is 0. The van der Waals surface area contributed by atoms with Crippen molar-refractivity contribution in [2.24, 2.45) is 40.4 Å². The second-order valence-electron chi connectivity index (χ2n) is 14.4. The third-order valence-electron chi connectivity index (χ3n) is 12.1. The number of Topliss-reactive ketones (excluding diaryl/α,β-unsaturated/α-hetero) is 1. The minimum atomic E-state index is -1.10. The maximum absolute atomic E-state index is 14.4. The quantitative estimate of drug-likeness (QED) is 0.475. The van der Waals surface area contributed by atoms with Crippen molar-refractivity contribution in [3.05, 3.63) is 23.8 Å². The average Bonchev–Trinajstić information content (AvgIpc) is 3.41. The van der Waals surface area contributed by atoms with Gasteiger partial charge >= 0.3 is 0 Å². The largest absolute Gasteiger partial charge is 0.393 e. The van der Waals surface area contributed by atoms with Gasteiger partial charge in [0.15, 0.2) is 23.5 Å². The Morgan fingerprint density at radius 1 is 1.15 bits per heavy atom. The number of ketones is 2. The predicted octanol–water partition coefficient (Wildman–Crippen LogP) is 5.57. The van der Waals surface area contributed by atoms with Crippen LogP contribution in [0.2, 0.25) is 0 Å². The Bertz CT molecular complexity index is 1060. The van der Waals surface area contributed by atoms with Gasteiger partial charge in [0.05, 0.1) is 18.3 Å². The van der Waals surface area contributed by atoms with E-state index in [0.29, 0.717) is 18.3 Å². The molecule has 1 saturated heterocycles. The minimum Gasteiger partial charge on any atom is -0.393 e. The summed E-state index contributed by atoms with van der Waals surface area (Å²) in [4.78, 5) is 26.6. The van der Waals surface area contributed by atoms with Gasteiger partial charge in [-0.3, -0.25) is 9.59 Å². The molecule has 0 radical (unpaired) electrons. The van der Waals surface area contributed by atoms with Gasteiger partial charge < -0.3 is 19.3 Å². The van der Waals surface area contributed by atoms with Gasteiger partial charge in [-0.25, -0.2) is 0 Å². The van der Waals surface area contributed by atoms with Crippen LogP contribution >= 0.6 is 0 Å². The van der Waals surface area contributed by atoms with Crippen molar-refractivity contribution in [3.63, 3.8) is 0 Å². The van der Waals surface area contributed by atoms with Crippen LogP contribution in [-0.2, 0) is 23.8 Å². The van der Waals surface area contributed by atoms with Crippen LogP contribution in [0.5, 0.6) is 0 Å². The van der Waals surface area contributed by atoms with Gasteiger partial charge in [0, 0.05) is 22.7 Å². The van der Waals surface area contributed by atoms with E-state index in [9.17, 15) is 14.7 Å². The zero-order valence-electron chi connectivity index (χ0n) is 24.5. The Morgan fingerprint density at radius 2 is 1.90 bits per heavy atom. The van der Waals surface area contributed by atoms with E-state index in [0.717, 1.165) is 37.7 Å². The first-order valence-electron chi connectivity index (χ1n) is 15.6. The molecule has 5 aliphatic carbocycles. The summed E-state index contributed by atoms with van der Waals surface area (Å²) in [5.74, 6) is 1.09. The zero-order valence-corrected chi connectivity index (χ0v) is 24.5. The molecule has 0 spiro atoms. The lowest BCUT2D eigenvalue weighted by atomic mass is 9.46. The maximum Gasteiger partial charge on any atom is 0.193 e. The topological polar surface area (TPSA) is 82.1 Å². The summed E-state index contributed by atoms with van der Waals surface area (Å²) in [7, 11) is 0. The first-order chi connectivity index (χ1) is 18.5. The van der Waals surface area contributed by atoms with E-state index in [4.69, 9.17) is 14.2 Å². The van der Waals surface area contributed by atoms with Gasteiger partial charge in [0.1, 0.15) is 6.61 Å². The molecule has 0 amide bonds. The Labute approximate surface area is 233 Å². The van der Waals surface area contributed by atoms with Crippen molar-refractivity contribution in [3.8, 4) is 0 Å². The summed E-state index contributed by atoms with van der Waals surface area (Å²) < 4.78 is 19.9. The van der Waals surface area contributed by atoms with Crippen molar-refractivity contribution in [2.75, 3.05) is 6.61 Å². The monoisotopic (exact) mass is 540 g/mol. The smallest absolute Gasteiger partial charge is 0.193 e. The van der Waals surface area contributed by atoms with E-state index in [1.165, 1.54) is 19.3 Å². The summed E-state index contributed by atoms with van der Waals surface area (Å²) in [5, 5.41) is 11.9. The van der Waals surface area contributed by atoms with Crippen LogP contribution in [0.25, 0.3) is 0 Å². The first-order valence-corrected chi connectivity index (χ1v) is 15.6. The standard InChI is InChI=1S/C33H48O6/c1-19(2)20(3)37-18-27(36)33-28(38-30(39-33)21-9-7-6-8-10-21)16-25-24-12-11-22-15-23(34)13-14-31(22,4)29(24)26(35)17-32(25,33)5/h13-15,19-21,24-26,28-30,35H,6-12,16-18H2,1-5H3/t20?,24?,25?,26?,28-,29?,30-,31+,32+,33-/m1/s1. The molecule has 5 fully saturated rings. The van der Waals surface area contributed by atoms with E-state index in [1.807, 2.05) is 13.0 Å². The highest BCUT2D eigenvalue weighted by molar-refractivity contribution is 6.01. The van der Waals surface area contributed by atoms with Crippen LogP contribution in [0.15, 0.2) is 23.8 Å². The van der Waals surface area contributed by atoms with Crippen LogP contribution in [-0.4, -0.2) is 53.5 Å². The van der Waals surface area contributed by atoms with E-state index in [2.05, 4.69) is 27.7 Å². The molecule has 1 heterocycles. The number of fused-ring (bicyclic) bond motifs is 7. The molecule has 0 aromatic rings. The number of hydrogen-bond acceptors (Lipinski definition) is 6. The molecule has 6 heteroatoms. The molecular weight excluding hydrogens is 492 g/mol. The van der Waals surface area contributed by atoms with Gasteiger partial charge in [0.25, 0.3) is 0 Å². The van der Waals surface area contributed by atoms with Gasteiger partial charge in [-0.05, 0) is 75.4 Å². The third kappa shape index (κ3) is 4.10. The van der Waals surface area contributed by atoms with Crippen molar-refractivity contribution < 1.29 is 28.9 Å². The Balaban J connectivity index is 1.35. The summed E-state index contributed by atoms with van der Waals surface area (Å²) in [5.41, 5.74) is -0.842. The average molecular weight is 541 g/mol. The first kappa shape index (κ1) is 27.8. The number of hydrogen-bond donors (Lipinski definition) is 1. The normalized spacial score (nSPS) is 46.3. The molecule has 216 valence electrons. The third-order valence-corrected chi connectivity index (χ3v) is 12.1. The summed E-state index contributed by atoms with van der Waals surface area (Å²) in [6.45, 7) is 10.6. The molecule has 1 N–H and O–H groups in total. The molecule has 39 heavy (non-hydrogen) atoms. The molecular formula is C33H48O6. The van der Waals surface area contributed by atoms with Crippen LogP contribution < -0.4 is 0 Å². The van der Waals surface area contributed by atoms with Crippen molar-refractivity contribution in [1.29, 1.82) is 0 Å². The predicted molar refractivity (Wildman–Crippen MR) is 148 cm³/mol. The lowest BCUT2D eigenvalue weighted by Gasteiger charge is -2.59. The second kappa shape index (κ2) is 9.89. The number of aliphatic hydroxyl groups excluding tert-OH is 1. The molecule has 0 bridgehead atoms. The van der Waals surface area contributed by atoms with E-state index < -0.39 is 17.1 Å². The van der Waals surface area contributed by atoms with Gasteiger partial charge in [-0.15, -0.1) is 0 Å². The SMILES string of the molecule is CC(C)C(C)OCC(=O)[C@@]12O[C@H](C3CCCCC3)O[C@@H]1CC1C3CCC4=CC(=O)C=C[C@]4(C)C3C(O)C[C@@]12C. The molecule has 6 aliphatic rings. The lowest BCUT2D eigenvalue weighted by Crippen LogP contribution is -2.63. The number of carbonyl (C=O) groups excluding carboxylic acids is 2. The number of carbonyl (C=O) groups is 2. The molecule has 0 aromatic heterocycles. The number of rotatable bonds is 6. The summed E-state index contributed by atoms with van der Waals surface area (Å²) in [6, 6.07) is 0. The van der Waals surface area contributed by atoms with Crippen LogP contribution in [0.1, 0.15) is 92.4 Å². The fourth-order valence-corrected chi connectivity index (χ4v) is 9.72. The maximum atomic E-state index is 14.4. The van der Waals surface area contributed by atoms with Crippen LogP contribution in [0.4, 0.5) is 0 Å². The highest BCUT2D eigenvalue weighted by Crippen LogP contribution is 2.70. The second-order valence-corrected chi connectivity index (χ2v) is 14.4. The Hall–Kier alpha value is -1.34. The number of aliphatic hydroxyl groups is 1. The van der Waals surface area contributed by atoms with E-state index in [-0.39, 0.29) is 59.8 Å².